The second kappa shape index (κ2) is 11.4. The molecule has 1 aliphatic rings. The van der Waals surface area contributed by atoms with Crippen molar-refractivity contribution in [3.05, 3.63) is 97.3 Å². The molecule has 4 rings (SSSR count). The Kier molecular flexibility index (Phi) is 8.07. The van der Waals surface area contributed by atoms with Crippen molar-refractivity contribution in [2.24, 2.45) is 4.99 Å². The maximum Gasteiger partial charge on any atom is 0.269 e. The Balaban J connectivity index is 1.57. The Labute approximate surface area is 220 Å². The van der Waals surface area contributed by atoms with E-state index in [0.717, 1.165) is 27.0 Å². The van der Waals surface area contributed by atoms with E-state index in [2.05, 4.69) is 20.9 Å². The van der Waals surface area contributed by atoms with Crippen LogP contribution >= 0.6 is 27.7 Å². The number of likely N-dealkylation sites (N-methyl/N-ethyl adjacent to an activating group) is 1. The SMILES string of the molecule is CCN1C(=O)C(=Cc2cc(Br)ccc2OCc2ccc([N+](=O)[O-])cc2)SC1=Nc1ccc(OC)cc1. The first-order chi connectivity index (χ1) is 17.4. The summed E-state index contributed by atoms with van der Waals surface area (Å²) in [5, 5.41) is 11.5. The van der Waals surface area contributed by atoms with Crippen LogP contribution < -0.4 is 9.47 Å². The van der Waals surface area contributed by atoms with E-state index in [1.807, 2.05) is 49.4 Å². The quantitative estimate of drug-likeness (QED) is 0.173. The van der Waals surface area contributed by atoms with Gasteiger partial charge in [0.25, 0.3) is 11.6 Å². The molecule has 0 atom stereocenters. The summed E-state index contributed by atoms with van der Waals surface area (Å²) in [6.07, 6.45) is 1.79. The third-order valence-corrected chi connectivity index (χ3v) is 6.80. The average molecular weight is 568 g/mol. The maximum atomic E-state index is 13.1. The third-order valence-electron chi connectivity index (χ3n) is 5.30. The molecule has 1 heterocycles. The van der Waals surface area contributed by atoms with E-state index < -0.39 is 4.92 Å². The predicted molar refractivity (Wildman–Crippen MR) is 145 cm³/mol. The second-order valence-corrected chi connectivity index (χ2v) is 9.57. The summed E-state index contributed by atoms with van der Waals surface area (Å²) in [6, 6.07) is 19.1. The number of amidine groups is 1. The number of hydrogen-bond acceptors (Lipinski definition) is 7. The molecule has 184 valence electrons. The molecule has 8 nitrogen and oxygen atoms in total. The number of nitrogens with zero attached hydrogens (tertiary/aromatic N) is 3. The zero-order chi connectivity index (χ0) is 25.7. The standard InChI is InChI=1S/C26H22BrN3O5S/c1-3-29-25(31)24(36-26(29)28-20-7-11-22(34-2)12-8-20)15-18-14-19(27)6-13-23(18)35-16-17-4-9-21(10-5-17)30(32)33/h4-15H,3,16H2,1-2H3. The number of nitro groups is 1. The Morgan fingerprint density at radius 1 is 1.11 bits per heavy atom. The number of hydrogen-bond donors (Lipinski definition) is 0. The highest BCUT2D eigenvalue weighted by Gasteiger charge is 2.32. The van der Waals surface area contributed by atoms with Crippen LogP contribution in [0, 0.1) is 10.1 Å². The molecule has 1 saturated heterocycles. The number of amides is 1. The highest BCUT2D eigenvalue weighted by atomic mass is 79.9. The Bertz CT molecular complexity index is 1340. The lowest BCUT2D eigenvalue weighted by Crippen LogP contribution is -2.28. The zero-order valence-electron chi connectivity index (χ0n) is 19.5. The first kappa shape index (κ1) is 25.5. The molecule has 0 spiro atoms. The lowest BCUT2D eigenvalue weighted by molar-refractivity contribution is -0.384. The second-order valence-electron chi connectivity index (χ2n) is 7.65. The van der Waals surface area contributed by atoms with Gasteiger partial charge < -0.3 is 9.47 Å². The van der Waals surface area contributed by atoms with Crippen molar-refractivity contribution in [2.45, 2.75) is 13.5 Å². The van der Waals surface area contributed by atoms with Gasteiger partial charge in [0, 0.05) is 28.7 Å². The van der Waals surface area contributed by atoms with Gasteiger partial charge in [0.1, 0.15) is 18.1 Å². The highest BCUT2D eigenvalue weighted by molar-refractivity contribution is 9.10. The summed E-state index contributed by atoms with van der Waals surface area (Å²) in [4.78, 5) is 30.4. The van der Waals surface area contributed by atoms with Gasteiger partial charge in [-0.25, -0.2) is 4.99 Å². The molecule has 0 bridgehead atoms. The number of carbonyl (C=O) groups is 1. The van der Waals surface area contributed by atoms with Crippen LogP contribution in [0.5, 0.6) is 11.5 Å². The molecule has 3 aromatic rings. The van der Waals surface area contributed by atoms with E-state index in [1.165, 1.54) is 23.9 Å². The van der Waals surface area contributed by atoms with E-state index in [-0.39, 0.29) is 18.2 Å². The zero-order valence-corrected chi connectivity index (χ0v) is 21.9. The summed E-state index contributed by atoms with van der Waals surface area (Å²) in [6.45, 7) is 2.62. The van der Waals surface area contributed by atoms with Gasteiger partial charge in [-0.15, -0.1) is 0 Å². The van der Waals surface area contributed by atoms with Gasteiger partial charge in [0.05, 0.1) is 22.6 Å². The van der Waals surface area contributed by atoms with Crippen molar-refractivity contribution < 1.29 is 19.2 Å². The lowest BCUT2D eigenvalue weighted by Gasteiger charge is -2.12. The molecule has 0 aliphatic carbocycles. The number of thioether (sulfide) groups is 1. The van der Waals surface area contributed by atoms with Gasteiger partial charge in [-0.2, -0.15) is 0 Å². The fourth-order valence-corrected chi connectivity index (χ4v) is 4.85. The van der Waals surface area contributed by atoms with Crippen LogP contribution in [0.25, 0.3) is 6.08 Å². The molecule has 3 aromatic carbocycles. The van der Waals surface area contributed by atoms with E-state index in [4.69, 9.17) is 9.47 Å². The van der Waals surface area contributed by atoms with Crippen molar-refractivity contribution in [3.8, 4) is 11.5 Å². The van der Waals surface area contributed by atoms with Gasteiger partial charge in [-0.1, -0.05) is 15.9 Å². The number of ether oxygens (including phenoxy) is 2. The first-order valence-corrected chi connectivity index (χ1v) is 12.6. The molecule has 0 unspecified atom stereocenters. The molecule has 0 aromatic heterocycles. The summed E-state index contributed by atoms with van der Waals surface area (Å²) >= 11 is 4.79. The molecule has 1 fully saturated rings. The number of carbonyl (C=O) groups excluding carboxylic acids is 1. The van der Waals surface area contributed by atoms with E-state index in [0.29, 0.717) is 22.4 Å². The molecule has 0 N–H and O–H groups in total. The summed E-state index contributed by atoms with van der Waals surface area (Å²) in [5.74, 6) is 1.19. The van der Waals surface area contributed by atoms with Crippen molar-refractivity contribution in [1.29, 1.82) is 0 Å². The van der Waals surface area contributed by atoms with Gasteiger partial charge in [-0.3, -0.25) is 19.8 Å². The van der Waals surface area contributed by atoms with Crippen molar-refractivity contribution >= 4 is 56.2 Å². The monoisotopic (exact) mass is 567 g/mol. The van der Waals surface area contributed by atoms with Crippen LogP contribution in [0.3, 0.4) is 0 Å². The molecule has 0 saturated carbocycles. The van der Waals surface area contributed by atoms with Crippen LogP contribution in [-0.2, 0) is 11.4 Å². The largest absolute Gasteiger partial charge is 0.497 e. The van der Waals surface area contributed by atoms with Crippen LogP contribution in [0.1, 0.15) is 18.1 Å². The minimum absolute atomic E-state index is 0.0252. The molecule has 36 heavy (non-hydrogen) atoms. The maximum absolute atomic E-state index is 13.1. The molecular formula is C26H22BrN3O5S. The molecule has 10 heteroatoms. The summed E-state index contributed by atoms with van der Waals surface area (Å²) in [5.41, 5.74) is 2.26. The number of aliphatic imine (C=N–C) groups is 1. The predicted octanol–water partition coefficient (Wildman–Crippen LogP) is 6.57. The Hall–Kier alpha value is -3.63. The first-order valence-electron chi connectivity index (χ1n) is 11.0. The fraction of sp³-hybridized carbons (Fsp3) is 0.154. The van der Waals surface area contributed by atoms with Gasteiger partial charge in [-0.05, 0) is 84.9 Å². The smallest absolute Gasteiger partial charge is 0.269 e. The van der Waals surface area contributed by atoms with E-state index in [9.17, 15) is 14.9 Å². The molecule has 0 radical (unpaired) electrons. The number of benzene rings is 3. The van der Waals surface area contributed by atoms with Crippen molar-refractivity contribution in [3.63, 3.8) is 0 Å². The van der Waals surface area contributed by atoms with Gasteiger partial charge >= 0.3 is 0 Å². The average Bonchev–Trinajstić information content (AvgIpc) is 3.17. The minimum atomic E-state index is -0.439. The number of non-ortho nitro benzene ring substituents is 1. The highest BCUT2D eigenvalue weighted by Crippen LogP contribution is 2.36. The topological polar surface area (TPSA) is 94.3 Å². The van der Waals surface area contributed by atoms with Crippen LogP contribution in [-0.4, -0.2) is 34.6 Å². The fourth-order valence-electron chi connectivity index (χ4n) is 3.42. The number of methoxy groups -OCH3 is 1. The Morgan fingerprint density at radius 3 is 2.47 bits per heavy atom. The molecule has 1 aliphatic heterocycles. The van der Waals surface area contributed by atoms with Crippen molar-refractivity contribution in [2.75, 3.05) is 13.7 Å². The number of halogens is 1. The number of rotatable bonds is 8. The van der Waals surface area contributed by atoms with Gasteiger partial charge in [0.2, 0.25) is 0 Å². The summed E-state index contributed by atoms with van der Waals surface area (Å²) < 4.78 is 12.0. The Morgan fingerprint density at radius 2 is 1.83 bits per heavy atom. The van der Waals surface area contributed by atoms with Crippen LogP contribution in [0.15, 0.2) is 81.1 Å². The van der Waals surface area contributed by atoms with E-state index in [1.54, 1.807) is 30.2 Å². The normalized spacial score (nSPS) is 15.5. The molecule has 1 amide bonds. The minimum Gasteiger partial charge on any atom is -0.497 e. The third kappa shape index (κ3) is 5.95. The lowest BCUT2D eigenvalue weighted by atomic mass is 10.1. The molecular weight excluding hydrogens is 546 g/mol. The van der Waals surface area contributed by atoms with Crippen LogP contribution in [0.2, 0.25) is 0 Å². The van der Waals surface area contributed by atoms with Crippen molar-refractivity contribution in [1.82, 2.24) is 4.90 Å². The van der Waals surface area contributed by atoms with Crippen LogP contribution in [0.4, 0.5) is 11.4 Å². The van der Waals surface area contributed by atoms with E-state index >= 15 is 0 Å². The number of nitro benzene ring substituents is 1. The summed E-state index contributed by atoms with van der Waals surface area (Å²) in [7, 11) is 1.61. The van der Waals surface area contributed by atoms with Gasteiger partial charge in [0.15, 0.2) is 5.17 Å².